The van der Waals surface area contributed by atoms with E-state index in [9.17, 15) is 0 Å². The van der Waals surface area contributed by atoms with E-state index in [0.717, 1.165) is 17.9 Å². The number of hydrogen-bond donors (Lipinski definition) is 1. The Kier molecular flexibility index (Phi) is 3.31. The van der Waals surface area contributed by atoms with Crippen LogP contribution in [-0.2, 0) is 0 Å². The van der Waals surface area contributed by atoms with E-state index in [-0.39, 0.29) is 0 Å². The van der Waals surface area contributed by atoms with Crippen molar-refractivity contribution in [2.24, 2.45) is 0 Å². The molecule has 70 valence electrons. The normalized spacial score (nSPS) is 9.38. The van der Waals surface area contributed by atoms with Gasteiger partial charge < -0.3 is 10.1 Å². The SMILES string of the molecule is C=C(C)CNc1cccc(OC)n1. The second-order valence-corrected chi connectivity index (χ2v) is 2.88. The molecule has 0 aliphatic rings. The lowest BCUT2D eigenvalue weighted by Crippen LogP contribution is -2.03. The number of aromatic nitrogens is 1. The Morgan fingerprint density at radius 1 is 1.62 bits per heavy atom. The van der Waals surface area contributed by atoms with Gasteiger partial charge in [-0.3, -0.25) is 0 Å². The molecule has 0 aliphatic carbocycles. The van der Waals surface area contributed by atoms with Crippen LogP contribution < -0.4 is 10.1 Å². The Labute approximate surface area is 78.4 Å². The average Bonchev–Trinajstić information content (AvgIpc) is 2.15. The lowest BCUT2D eigenvalue weighted by Gasteiger charge is -2.05. The van der Waals surface area contributed by atoms with Crippen LogP contribution in [0, 0.1) is 0 Å². The van der Waals surface area contributed by atoms with Gasteiger partial charge in [0, 0.05) is 12.6 Å². The summed E-state index contributed by atoms with van der Waals surface area (Å²) in [6.45, 7) is 6.49. The summed E-state index contributed by atoms with van der Waals surface area (Å²) in [5.74, 6) is 1.43. The fraction of sp³-hybridized carbons (Fsp3) is 0.300. The van der Waals surface area contributed by atoms with Gasteiger partial charge in [0.15, 0.2) is 0 Å². The summed E-state index contributed by atoms with van der Waals surface area (Å²) in [4.78, 5) is 4.19. The van der Waals surface area contributed by atoms with Crippen LogP contribution in [0.5, 0.6) is 5.88 Å². The summed E-state index contributed by atoms with van der Waals surface area (Å²) in [5, 5.41) is 3.13. The zero-order valence-corrected chi connectivity index (χ0v) is 8.00. The molecule has 3 nitrogen and oxygen atoms in total. The molecule has 0 aliphatic heterocycles. The van der Waals surface area contributed by atoms with Crippen LogP contribution >= 0.6 is 0 Å². The second-order valence-electron chi connectivity index (χ2n) is 2.88. The minimum Gasteiger partial charge on any atom is -0.481 e. The Balaban J connectivity index is 2.61. The van der Waals surface area contributed by atoms with E-state index in [0.29, 0.717) is 5.88 Å². The van der Waals surface area contributed by atoms with Gasteiger partial charge in [-0.05, 0) is 13.0 Å². The maximum Gasteiger partial charge on any atom is 0.214 e. The lowest BCUT2D eigenvalue weighted by atomic mass is 10.3. The maximum absolute atomic E-state index is 4.99. The monoisotopic (exact) mass is 178 g/mol. The highest BCUT2D eigenvalue weighted by molar-refractivity contribution is 5.38. The molecule has 0 amide bonds. The highest BCUT2D eigenvalue weighted by Crippen LogP contribution is 2.10. The largest absolute Gasteiger partial charge is 0.481 e. The Bertz CT molecular complexity index is 297. The summed E-state index contributed by atoms with van der Waals surface area (Å²) in [5.41, 5.74) is 1.07. The molecule has 1 heterocycles. The van der Waals surface area contributed by atoms with Crippen molar-refractivity contribution < 1.29 is 4.74 Å². The number of nitrogens with zero attached hydrogens (tertiary/aromatic N) is 1. The van der Waals surface area contributed by atoms with Crippen molar-refractivity contribution in [3.63, 3.8) is 0 Å². The zero-order chi connectivity index (χ0) is 9.68. The molecule has 0 unspecified atom stereocenters. The predicted octanol–water partition coefficient (Wildman–Crippen LogP) is 2.08. The van der Waals surface area contributed by atoms with Crippen LogP contribution in [0.15, 0.2) is 30.4 Å². The Hall–Kier alpha value is -1.51. The van der Waals surface area contributed by atoms with Crippen LogP contribution in [0.25, 0.3) is 0 Å². The van der Waals surface area contributed by atoms with E-state index < -0.39 is 0 Å². The van der Waals surface area contributed by atoms with E-state index in [1.165, 1.54) is 0 Å². The van der Waals surface area contributed by atoms with Gasteiger partial charge in [-0.2, -0.15) is 4.98 Å². The summed E-state index contributed by atoms with van der Waals surface area (Å²) in [6, 6.07) is 5.60. The van der Waals surface area contributed by atoms with Gasteiger partial charge in [0.25, 0.3) is 0 Å². The number of pyridine rings is 1. The van der Waals surface area contributed by atoms with Gasteiger partial charge in [-0.15, -0.1) is 0 Å². The number of anilines is 1. The van der Waals surface area contributed by atoms with Crippen molar-refractivity contribution in [3.8, 4) is 5.88 Å². The highest BCUT2D eigenvalue weighted by atomic mass is 16.5. The highest BCUT2D eigenvalue weighted by Gasteiger charge is 1.95. The number of ether oxygens (including phenoxy) is 1. The number of nitrogens with one attached hydrogen (secondary N) is 1. The van der Waals surface area contributed by atoms with E-state index >= 15 is 0 Å². The minimum absolute atomic E-state index is 0.617. The van der Waals surface area contributed by atoms with Crippen molar-refractivity contribution in [3.05, 3.63) is 30.4 Å². The van der Waals surface area contributed by atoms with Crippen LogP contribution in [0.1, 0.15) is 6.92 Å². The van der Waals surface area contributed by atoms with Gasteiger partial charge in [0.05, 0.1) is 7.11 Å². The molecule has 0 fully saturated rings. The molecule has 0 aromatic carbocycles. The molecule has 1 aromatic heterocycles. The standard InChI is InChI=1S/C10H14N2O/c1-8(2)7-11-9-5-4-6-10(12-9)13-3/h4-6H,1,7H2,2-3H3,(H,11,12). The number of hydrogen-bond acceptors (Lipinski definition) is 3. The summed E-state index contributed by atoms with van der Waals surface area (Å²) in [7, 11) is 1.60. The van der Waals surface area contributed by atoms with Gasteiger partial charge in [-0.25, -0.2) is 0 Å². The molecular weight excluding hydrogens is 164 g/mol. The first kappa shape index (κ1) is 9.58. The third-order valence-corrected chi connectivity index (χ3v) is 1.50. The maximum atomic E-state index is 4.99. The molecule has 1 rings (SSSR count). The third-order valence-electron chi connectivity index (χ3n) is 1.50. The molecule has 13 heavy (non-hydrogen) atoms. The molecule has 0 bridgehead atoms. The second kappa shape index (κ2) is 4.50. The molecule has 0 radical (unpaired) electrons. The molecule has 0 spiro atoms. The van der Waals surface area contributed by atoms with Crippen molar-refractivity contribution in [2.45, 2.75) is 6.92 Å². The average molecular weight is 178 g/mol. The molecule has 1 aromatic rings. The molecule has 1 N–H and O–H groups in total. The zero-order valence-electron chi connectivity index (χ0n) is 8.00. The molecule has 0 atom stereocenters. The van der Waals surface area contributed by atoms with Gasteiger partial charge in [0.1, 0.15) is 5.82 Å². The number of rotatable bonds is 4. The predicted molar refractivity (Wildman–Crippen MR) is 54.1 cm³/mol. The van der Waals surface area contributed by atoms with E-state index in [1.807, 2.05) is 25.1 Å². The minimum atomic E-state index is 0.617. The van der Waals surface area contributed by atoms with Crippen LogP contribution in [0.3, 0.4) is 0 Å². The Morgan fingerprint density at radius 3 is 3.00 bits per heavy atom. The molecule has 0 saturated carbocycles. The van der Waals surface area contributed by atoms with Gasteiger partial charge >= 0.3 is 0 Å². The topological polar surface area (TPSA) is 34.1 Å². The van der Waals surface area contributed by atoms with Crippen molar-refractivity contribution in [2.75, 3.05) is 19.0 Å². The van der Waals surface area contributed by atoms with Crippen LogP contribution in [0.2, 0.25) is 0 Å². The van der Waals surface area contributed by atoms with E-state index in [2.05, 4.69) is 16.9 Å². The molecule has 0 saturated heterocycles. The van der Waals surface area contributed by atoms with Crippen molar-refractivity contribution >= 4 is 5.82 Å². The summed E-state index contributed by atoms with van der Waals surface area (Å²) in [6.07, 6.45) is 0. The first-order valence-electron chi connectivity index (χ1n) is 4.11. The van der Waals surface area contributed by atoms with Crippen molar-refractivity contribution in [1.82, 2.24) is 4.98 Å². The fourth-order valence-corrected chi connectivity index (χ4v) is 0.868. The first-order chi connectivity index (χ1) is 6.22. The van der Waals surface area contributed by atoms with Crippen LogP contribution in [-0.4, -0.2) is 18.6 Å². The van der Waals surface area contributed by atoms with Crippen molar-refractivity contribution in [1.29, 1.82) is 0 Å². The fourth-order valence-electron chi connectivity index (χ4n) is 0.868. The first-order valence-corrected chi connectivity index (χ1v) is 4.11. The molecule has 3 heteroatoms. The Morgan fingerprint density at radius 2 is 2.38 bits per heavy atom. The summed E-state index contributed by atoms with van der Waals surface area (Å²) >= 11 is 0. The number of methoxy groups -OCH3 is 1. The van der Waals surface area contributed by atoms with Gasteiger partial charge in [-0.1, -0.05) is 18.2 Å². The third kappa shape index (κ3) is 3.15. The van der Waals surface area contributed by atoms with Gasteiger partial charge in [0.2, 0.25) is 5.88 Å². The summed E-state index contributed by atoms with van der Waals surface area (Å²) < 4.78 is 4.99. The lowest BCUT2D eigenvalue weighted by molar-refractivity contribution is 0.398. The van der Waals surface area contributed by atoms with E-state index in [1.54, 1.807) is 7.11 Å². The van der Waals surface area contributed by atoms with E-state index in [4.69, 9.17) is 4.74 Å². The smallest absolute Gasteiger partial charge is 0.214 e. The van der Waals surface area contributed by atoms with Crippen LogP contribution in [0.4, 0.5) is 5.82 Å². The quantitative estimate of drug-likeness (QED) is 0.717. The molecular formula is C10H14N2O.